The van der Waals surface area contributed by atoms with E-state index in [2.05, 4.69) is 93.6 Å². The average Bonchev–Trinajstić information content (AvgIpc) is 2.61. The molecule has 126 valence electrons. The second kappa shape index (κ2) is 7.40. The van der Waals surface area contributed by atoms with Crippen molar-refractivity contribution in [3.63, 3.8) is 0 Å². The van der Waals surface area contributed by atoms with Gasteiger partial charge >= 0.3 is 0 Å². The predicted octanol–water partition coefficient (Wildman–Crippen LogP) is 6.04. The Bertz CT molecular complexity index is 871. The van der Waals surface area contributed by atoms with Crippen molar-refractivity contribution >= 4 is 11.8 Å². The van der Waals surface area contributed by atoms with Crippen LogP contribution < -0.4 is 5.73 Å². The highest BCUT2D eigenvalue weighted by atomic mass is 14.6. The molecule has 0 saturated carbocycles. The monoisotopic (exact) mass is 327 g/mol. The zero-order valence-corrected chi connectivity index (χ0v) is 15.2. The Kier molecular flexibility index (Phi) is 5.04. The van der Waals surface area contributed by atoms with Gasteiger partial charge in [0.2, 0.25) is 0 Å². The smallest absolute Gasteiger partial charge is 0.0356 e. The number of hydrogen-bond donors (Lipinski definition) is 1. The van der Waals surface area contributed by atoms with Crippen LogP contribution in [-0.4, -0.2) is 0 Å². The summed E-state index contributed by atoms with van der Waals surface area (Å²) in [5.74, 6) is 0.141. The maximum Gasteiger partial charge on any atom is 0.0356 e. The van der Waals surface area contributed by atoms with E-state index < -0.39 is 0 Å². The molecule has 25 heavy (non-hydrogen) atoms. The molecule has 0 bridgehead atoms. The highest BCUT2D eigenvalue weighted by Gasteiger charge is 2.14. The molecule has 2 N–H and O–H groups in total. The Morgan fingerprint density at radius 3 is 1.92 bits per heavy atom. The van der Waals surface area contributed by atoms with E-state index in [0.29, 0.717) is 0 Å². The van der Waals surface area contributed by atoms with E-state index in [9.17, 15) is 0 Å². The molecule has 3 rings (SSSR count). The van der Waals surface area contributed by atoms with Gasteiger partial charge in [-0.05, 0) is 43.5 Å². The number of nitrogen functional groups attached to an aromatic ring is 1. The van der Waals surface area contributed by atoms with Crippen molar-refractivity contribution in [2.45, 2.75) is 26.7 Å². The van der Waals surface area contributed by atoms with Gasteiger partial charge in [0.1, 0.15) is 0 Å². The third-order valence-corrected chi connectivity index (χ3v) is 4.57. The summed E-state index contributed by atoms with van der Waals surface area (Å²) in [6.07, 6.45) is 4.44. The zero-order chi connectivity index (χ0) is 17.8. The van der Waals surface area contributed by atoms with Crippen LogP contribution in [0.2, 0.25) is 0 Å². The van der Waals surface area contributed by atoms with Gasteiger partial charge in [-0.1, -0.05) is 89.5 Å². The summed E-state index contributed by atoms with van der Waals surface area (Å²) in [4.78, 5) is 0. The van der Waals surface area contributed by atoms with E-state index in [0.717, 1.165) is 11.3 Å². The van der Waals surface area contributed by atoms with Crippen molar-refractivity contribution in [2.75, 3.05) is 5.73 Å². The molecule has 0 fully saturated rings. The van der Waals surface area contributed by atoms with Gasteiger partial charge in [-0.2, -0.15) is 0 Å². The zero-order valence-electron chi connectivity index (χ0n) is 15.2. The Morgan fingerprint density at radius 1 is 0.720 bits per heavy atom. The summed E-state index contributed by atoms with van der Waals surface area (Å²) < 4.78 is 0. The molecule has 0 spiro atoms. The number of allylic oxidation sites excluding steroid dienone is 1. The SMILES string of the molecule is Cc1ccc(/C=C/C(c2ccc(C)cc2)c2cc(C)ccc2N)cc1. The van der Waals surface area contributed by atoms with Gasteiger partial charge in [-0.25, -0.2) is 0 Å². The normalized spacial score (nSPS) is 12.4. The van der Waals surface area contributed by atoms with Crippen LogP contribution in [0.5, 0.6) is 0 Å². The minimum Gasteiger partial charge on any atom is -0.398 e. The first-order chi connectivity index (χ1) is 12.0. The van der Waals surface area contributed by atoms with Crippen LogP contribution in [0, 0.1) is 20.8 Å². The van der Waals surface area contributed by atoms with E-state index in [1.165, 1.54) is 27.8 Å². The van der Waals surface area contributed by atoms with Gasteiger partial charge in [0.05, 0.1) is 0 Å². The average molecular weight is 327 g/mol. The van der Waals surface area contributed by atoms with Crippen LogP contribution in [-0.2, 0) is 0 Å². The van der Waals surface area contributed by atoms with Crippen LogP contribution in [0.3, 0.4) is 0 Å². The molecule has 1 heteroatoms. The minimum absolute atomic E-state index is 0.141. The quantitative estimate of drug-likeness (QED) is 0.581. The van der Waals surface area contributed by atoms with Crippen molar-refractivity contribution in [2.24, 2.45) is 0 Å². The summed E-state index contributed by atoms with van der Waals surface area (Å²) >= 11 is 0. The number of hydrogen-bond acceptors (Lipinski definition) is 1. The van der Waals surface area contributed by atoms with Crippen LogP contribution in [0.25, 0.3) is 6.08 Å². The molecule has 0 aliphatic carbocycles. The molecular weight excluding hydrogens is 302 g/mol. The van der Waals surface area contributed by atoms with Crippen molar-refractivity contribution in [1.82, 2.24) is 0 Å². The van der Waals surface area contributed by atoms with Crippen LogP contribution >= 0.6 is 0 Å². The number of nitrogens with two attached hydrogens (primary N) is 1. The maximum absolute atomic E-state index is 6.31. The Morgan fingerprint density at radius 2 is 1.28 bits per heavy atom. The van der Waals surface area contributed by atoms with Gasteiger partial charge in [-0.3, -0.25) is 0 Å². The van der Waals surface area contributed by atoms with Gasteiger partial charge in [0.15, 0.2) is 0 Å². The highest BCUT2D eigenvalue weighted by molar-refractivity contribution is 5.59. The molecule has 0 amide bonds. The summed E-state index contributed by atoms with van der Waals surface area (Å²) in [5.41, 5.74) is 14.5. The standard InChI is InChI=1S/C24H25N/c1-17-4-9-20(10-5-17)11-14-22(21-12-6-18(2)7-13-21)23-16-19(3)8-15-24(23)25/h4-16,22H,25H2,1-3H3/b14-11+. The van der Waals surface area contributed by atoms with E-state index in [1.807, 2.05) is 6.07 Å². The first kappa shape index (κ1) is 17.0. The fraction of sp³-hybridized carbons (Fsp3) is 0.167. The summed E-state index contributed by atoms with van der Waals surface area (Å²) in [7, 11) is 0. The number of rotatable bonds is 4. The Labute approximate surface area is 150 Å². The molecule has 0 aliphatic heterocycles. The van der Waals surface area contributed by atoms with Crippen LogP contribution in [0.4, 0.5) is 5.69 Å². The fourth-order valence-corrected chi connectivity index (χ4v) is 3.02. The topological polar surface area (TPSA) is 26.0 Å². The van der Waals surface area contributed by atoms with E-state index >= 15 is 0 Å². The van der Waals surface area contributed by atoms with Crippen LogP contribution in [0.15, 0.2) is 72.8 Å². The maximum atomic E-state index is 6.31. The second-order valence-corrected chi connectivity index (χ2v) is 6.79. The highest BCUT2D eigenvalue weighted by Crippen LogP contribution is 2.32. The van der Waals surface area contributed by atoms with E-state index in [4.69, 9.17) is 5.73 Å². The third kappa shape index (κ3) is 4.19. The lowest BCUT2D eigenvalue weighted by Crippen LogP contribution is -2.03. The van der Waals surface area contributed by atoms with E-state index in [1.54, 1.807) is 0 Å². The molecule has 1 atom stereocenters. The van der Waals surface area contributed by atoms with Crippen LogP contribution in [0.1, 0.15) is 39.3 Å². The van der Waals surface area contributed by atoms with Crippen molar-refractivity contribution in [3.8, 4) is 0 Å². The summed E-state index contributed by atoms with van der Waals surface area (Å²) in [5, 5.41) is 0. The minimum atomic E-state index is 0.141. The Hall–Kier alpha value is -2.80. The lowest BCUT2D eigenvalue weighted by atomic mass is 9.88. The van der Waals surface area contributed by atoms with Gasteiger partial charge in [-0.15, -0.1) is 0 Å². The van der Waals surface area contributed by atoms with E-state index in [-0.39, 0.29) is 5.92 Å². The molecule has 0 aromatic heterocycles. The van der Waals surface area contributed by atoms with Crippen molar-refractivity contribution < 1.29 is 0 Å². The fourth-order valence-electron chi connectivity index (χ4n) is 3.02. The van der Waals surface area contributed by atoms with Crippen molar-refractivity contribution in [1.29, 1.82) is 0 Å². The molecule has 0 saturated heterocycles. The number of aryl methyl sites for hydroxylation is 3. The largest absolute Gasteiger partial charge is 0.398 e. The molecule has 1 unspecified atom stereocenters. The number of anilines is 1. The molecule has 0 aliphatic rings. The molecule has 3 aromatic rings. The summed E-state index contributed by atoms with van der Waals surface area (Å²) in [6, 6.07) is 23.6. The third-order valence-electron chi connectivity index (χ3n) is 4.57. The first-order valence-corrected chi connectivity index (χ1v) is 8.70. The molecule has 3 aromatic carbocycles. The lowest BCUT2D eigenvalue weighted by molar-refractivity contribution is 1.03. The van der Waals surface area contributed by atoms with Crippen molar-refractivity contribution in [3.05, 3.63) is 106 Å². The molecule has 0 heterocycles. The van der Waals surface area contributed by atoms with Gasteiger partial charge < -0.3 is 5.73 Å². The molecular formula is C24H25N. The molecule has 1 nitrogen and oxygen atoms in total. The predicted molar refractivity (Wildman–Crippen MR) is 109 cm³/mol. The first-order valence-electron chi connectivity index (χ1n) is 8.70. The van der Waals surface area contributed by atoms with Gasteiger partial charge in [0.25, 0.3) is 0 Å². The molecule has 0 radical (unpaired) electrons. The van der Waals surface area contributed by atoms with Gasteiger partial charge in [0, 0.05) is 11.6 Å². The summed E-state index contributed by atoms with van der Waals surface area (Å²) in [6.45, 7) is 6.33. The second-order valence-electron chi connectivity index (χ2n) is 6.79. The number of benzene rings is 3. The Balaban J connectivity index is 2.03. The lowest BCUT2D eigenvalue weighted by Gasteiger charge is -2.17.